The van der Waals surface area contributed by atoms with Crippen molar-refractivity contribution in [3.05, 3.63) is 41.7 Å². The lowest BCUT2D eigenvalue weighted by molar-refractivity contribution is -0.142. The highest BCUT2D eigenvalue weighted by molar-refractivity contribution is 5.94. The Balaban J connectivity index is 1.74. The van der Waals surface area contributed by atoms with E-state index in [0.29, 0.717) is 64.0 Å². The number of nitrogens with zero attached hydrogens (tertiary/aromatic N) is 5. The number of carbonyl (C=O) groups is 3. The van der Waals surface area contributed by atoms with Gasteiger partial charge in [-0.3, -0.25) is 14.2 Å². The van der Waals surface area contributed by atoms with E-state index in [1.807, 2.05) is 65.5 Å². The number of piperidine rings is 1. The summed E-state index contributed by atoms with van der Waals surface area (Å²) in [6, 6.07) is 9.63. The first-order valence-electron chi connectivity index (χ1n) is 16.8. The van der Waals surface area contributed by atoms with Crippen molar-refractivity contribution in [2.24, 2.45) is 11.8 Å². The van der Waals surface area contributed by atoms with Crippen LogP contribution in [0.5, 0.6) is 6.01 Å². The molecule has 1 aromatic heterocycles. The molecule has 2 aliphatic heterocycles. The molecule has 12 nitrogen and oxygen atoms in total. The van der Waals surface area contributed by atoms with Crippen molar-refractivity contribution in [1.82, 2.24) is 24.3 Å². The summed E-state index contributed by atoms with van der Waals surface area (Å²) in [7, 11) is 3.23. The van der Waals surface area contributed by atoms with Crippen LogP contribution in [0.25, 0.3) is 5.69 Å². The second-order valence-corrected chi connectivity index (χ2v) is 13.8. The molecule has 2 aromatic rings. The number of methoxy groups -OCH3 is 2. The van der Waals surface area contributed by atoms with Gasteiger partial charge in [0.1, 0.15) is 5.60 Å². The number of hydrogen-bond donors (Lipinski definition) is 0. The van der Waals surface area contributed by atoms with Crippen molar-refractivity contribution in [3.63, 3.8) is 0 Å². The maximum atomic E-state index is 14.8. The Kier molecular flexibility index (Phi) is 12.7. The van der Waals surface area contributed by atoms with Gasteiger partial charge in [0.15, 0.2) is 5.69 Å². The molecule has 0 radical (unpaired) electrons. The zero-order valence-electron chi connectivity index (χ0n) is 29.2. The van der Waals surface area contributed by atoms with Crippen LogP contribution in [0.1, 0.15) is 70.1 Å². The van der Waals surface area contributed by atoms with E-state index < -0.39 is 23.7 Å². The quantitative estimate of drug-likeness (QED) is 0.309. The predicted octanol–water partition coefficient (Wildman–Crippen LogP) is 4.43. The summed E-state index contributed by atoms with van der Waals surface area (Å²) in [5, 5.41) is 0. The van der Waals surface area contributed by atoms with Crippen LogP contribution >= 0.6 is 0 Å². The lowest BCUT2D eigenvalue weighted by Gasteiger charge is -2.44. The molecule has 2 atom stereocenters. The minimum Gasteiger partial charge on any atom is -0.468 e. The van der Waals surface area contributed by atoms with Gasteiger partial charge in [0.25, 0.3) is 5.91 Å². The highest BCUT2D eigenvalue weighted by Gasteiger charge is 2.42. The summed E-state index contributed by atoms with van der Waals surface area (Å²) in [6.45, 7) is 13.1. The molecular weight excluding hydrogens is 602 g/mol. The Hall–Kier alpha value is -3.64. The van der Waals surface area contributed by atoms with Crippen LogP contribution in [0, 0.1) is 11.8 Å². The SMILES string of the molecule is COCCCCc1c(C(=O)N(CC(C)C)[C@H]2C[C@@H](C(=O)N3CCOCC3)CN(C(=O)OC(C)(C)C)C2)nc(OC)n1-c1ccccc1. The number of rotatable bonds is 12. The van der Waals surface area contributed by atoms with E-state index >= 15 is 0 Å². The average molecular weight is 656 g/mol. The maximum Gasteiger partial charge on any atom is 0.410 e. The molecule has 2 aliphatic rings. The van der Waals surface area contributed by atoms with Crippen LogP contribution < -0.4 is 4.74 Å². The summed E-state index contributed by atoms with van der Waals surface area (Å²) in [5.74, 6) is -0.654. The van der Waals surface area contributed by atoms with Crippen LogP contribution in [-0.2, 0) is 25.4 Å². The van der Waals surface area contributed by atoms with E-state index in [0.717, 1.165) is 24.2 Å². The number of para-hydroxylation sites is 1. The van der Waals surface area contributed by atoms with E-state index in [9.17, 15) is 14.4 Å². The van der Waals surface area contributed by atoms with Crippen molar-refractivity contribution in [2.75, 3.05) is 66.8 Å². The number of hydrogen-bond acceptors (Lipinski definition) is 8. The fraction of sp³-hybridized carbons (Fsp3) is 0.657. The summed E-state index contributed by atoms with van der Waals surface area (Å²) >= 11 is 0. The fourth-order valence-electron chi connectivity index (χ4n) is 6.27. The van der Waals surface area contributed by atoms with Gasteiger partial charge >= 0.3 is 12.1 Å². The molecule has 0 unspecified atom stereocenters. The number of ether oxygens (including phenoxy) is 4. The molecule has 1 aromatic carbocycles. The van der Waals surface area contributed by atoms with Gasteiger partial charge in [0.2, 0.25) is 5.91 Å². The number of benzene rings is 1. The Labute approximate surface area is 279 Å². The normalized spacial score (nSPS) is 18.7. The van der Waals surface area contributed by atoms with E-state index in [1.54, 1.807) is 19.1 Å². The Morgan fingerprint density at radius 1 is 1.02 bits per heavy atom. The minimum absolute atomic E-state index is 0.0302. The minimum atomic E-state index is -0.709. The number of carbonyl (C=O) groups excluding carboxylic acids is 3. The molecule has 0 saturated carbocycles. The van der Waals surface area contributed by atoms with Gasteiger partial charge in [0.05, 0.1) is 43.7 Å². The van der Waals surface area contributed by atoms with Crippen LogP contribution in [0.4, 0.5) is 4.79 Å². The topological polar surface area (TPSA) is 116 Å². The summed E-state index contributed by atoms with van der Waals surface area (Å²) in [6.07, 6.45) is 2.12. The van der Waals surface area contributed by atoms with E-state index in [4.69, 9.17) is 23.9 Å². The van der Waals surface area contributed by atoms with Gasteiger partial charge in [-0.25, -0.2) is 4.79 Å². The molecule has 0 aliphatic carbocycles. The molecule has 47 heavy (non-hydrogen) atoms. The van der Waals surface area contributed by atoms with Gasteiger partial charge < -0.3 is 33.6 Å². The molecule has 4 rings (SSSR count). The van der Waals surface area contributed by atoms with Crippen molar-refractivity contribution in [3.8, 4) is 11.7 Å². The highest BCUT2D eigenvalue weighted by Crippen LogP contribution is 2.30. The highest BCUT2D eigenvalue weighted by atomic mass is 16.6. The molecule has 0 N–H and O–H groups in total. The number of likely N-dealkylation sites (tertiary alicyclic amines) is 1. The monoisotopic (exact) mass is 655 g/mol. The molecule has 2 fully saturated rings. The molecule has 3 amide bonds. The number of morpholine rings is 1. The van der Waals surface area contributed by atoms with Gasteiger partial charge in [0, 0.05) is 46.4 Å². The van der Waals surface area contributed by atoms with Gasteiger partial charge in [-0.05, 0) is 64.5 Å². The molecule has 3 heterocycles. The average Bonchev–Trinajstić information content (AvgIpc) is 3.43. The van der Waals surface area contributed by atoms with Crippen LogP contribution in [0.2, 0.25) is 0 Å². The van der Waals surface area contributed by atoms with Crippen molar-refractivity contribution in [1.29, 1.82) is 0 Å². The zero-order valence-corrected chi connectivity index (χ0v) is 29.2. The van der Waals surface area contributed by atoms with E-state index in [1.165, 1.54) is 0 Å². The number of amides is 3. The molecule has 2 saturated heterocycles. The number of aromatic nitrogens is 2. The lowest BCUT2D eigenvalue weighted by Crippen LogP contribution is -2.58. The second kappa shape index (κ2) is 16.5. The van der Waals surface area contributed by atoms with Gasteiger partial charge in [-0.15, -0.1) is 0 Å². The van der Waals surface area contributed by atoms with Gasteiger partial charge in [-0.1, -0.05) is 32.0 Å². The fourth-order valence-corrected chi connectivity index (χ4v) is 6.27. The first kappa shape index (κ1) is 36.2. The first-order valence-corrected chi connectivity index (χ1v) is 16.8. The number of imidazole rings is 1. The number of unbranched alkanes of at least 4 members (excludes halogenated alkanes) is 1. The zero-order chi connectivity index (χ0) is 34.1. The molecule has 260 valence electrons. The third-order valence-corrected chi connectivity index (χ3v) is 8.37. The van der Waals surface area contributed by atoms with Crippen LogP contribution in [0.15, 0.2) is 30.3 Å². The predicted molar refractivity (Wildman–Crippen MR) is 178 cm³/mol. The summed E-state index contributed by atoms with van der Waals surface area (Å²) in [5.41, 5.74) is 1.20. The molecule has 0 spiro atoms. The van der Waals surface area contributed by atoms with Gasteiger partial charge in [-0.2, -0.15) is 4.98 Å². The lowest BCUT2D eigenvalue weighted by atomic mass is 9.91. The Bertz CT molecular complexity index is 1330. The standard InChI is InChI=1S/C35H53N5O7/c1-25(2)22-39(28-21-26(31(41)37-16-19-46-20-17-37)23-38(24-28)34(43)47-35(3,4)5)32(42)30-29(15-11-12-18-44-6)40(33(36-30)45-7)27-13-9-8-10-14-27/h8-10,13-14,25-26,28H,11-12,15-24H2,1-7H3/t26-,28+/m1/s1. The largest absolute Gasteiger partial charge is 0.468 e. The molecule has 0 bridgehead atoms. The van der Waals surface area contributed by atoms with Crippen molar-refractivity contribution < 1.29 is 33.3 Å². The maximum absolute atomic E-state index is 14.8. The van der Waals surface area contributed by atoms with Crippen molar-refractivity contribution >= 4 is 17.9 Å². The van der Waals surface area contributed by atoms with Crippen LogP contribution in [0.3, 0.4) is 0 Å². The first-order chi connectivity index (χ1) is 22.4. The van der Waals surface area contributed by atoms with E-state index in [-0.39, 0.29) is 30.8 Å². The van der Waals surface area contributed by atoms with E-state index in [2.05, 4.69) is 13.8 Å². The van der Waals surface area contributed by atoms with Crippen molar-refractivity contribution in [2.45, 2.75) is 71.9 Å². The third kappa shape index (κ3) is 9.47. The summed E-state index contributed by atoms with van der Waals surface area (Å²) in [4.78, 5) is 52.1. The molecular formula is C35H53N5O7. The Morgan fingerprint density at radius 3 is 2.34 bits per heavy atom. The van der Waals surface area contributed by atoms with Crippen LogP contribution in [-0.4, -0.2) is 121 Å². The smallest absolute Gasteiger partial charge is 0.410 e. The second-order valence-electron chi connectivity index (χ2n) is 13.8. The molecule has 12 heteroatoms. The third-order valence-electron chi connectivity index (χ3n) is 8.37. The summed E-state index contributed by atoms with van der Waals surface area (Å²) < 4.78 is 24.2. The Morgan fingerprint density at radius 2 is 1.72 bits per heavy atom.